The van der Waals surface area contributed by atoms with Gasteiger partial charge in [0.1, 0.15) is 6.10 Å². The van der Waals surface area contributed by atoms with Gasteiger partial charge in [-0.05, 0) is 17.7 Å². The fraction of sp³-hybridized carbons (Fsp3) is 0.263. The van der Waals surface area contributed by atoms with Gasteiger partial charge in [0.25, 0.3) is 0 Å². The number of thiazole rings is 1. The van der Waals surface area contributed by atoms with Gasteiger partial charge in [0.2, 0.25) is 0 Å². The maximum atomic E-state index is 11.9. The van der Waals surface area contributed by atoms with E-state index < -0.39 is 0 Å². The van der Waals surface area contributed by atoms with Gasteiger partial charge in [0, 0.05) is 5.75 Å². The van der Waals surface area contributed by atoms with E-state index >= 15 is 0 Å². The van der Waals surface area contributed by atoms with Crippen LogP contribution in [0.15, 0.2) is 54.6 Å². The van der Waals surface area contributed by atoms with Gasteiger partial charge in [-0.1, -0.05) is 53.8 Å². The molecule has 0 atom stereocenters. The average molecular weight is 370 g/mol. The second-order valence-electron chi connectivity index (χ2n) is 5.96. The van der Waals surface area contributed by atoms with Crippen LogP contribution in [0.1, 0.15) is 5.56 Å². The number of hydrogen-bond donors (Lipinski definition) is 0. The highest BCUT2D eigenvalue weighted by Gasteiger charge is 2.31. The highest BCUT2D eigenvalue weighted by Crippen LogP contribution is 2.31. The molecule has 128 valence electrons. The van der Waals surface area contributed by atoms with Gasteiger partial charge in [0.15, 0.2) is 5.13 Å². The first-order valence-electron chi connectivity index (χ1n) is 8.19. The number of esters is 1. The first-order chi connectivity index (χ1) is 12.3. The van der Waals surface area contributed by atoms with Crippen molar-refractivity contribution in [3.8, 4) is 0 Å². The highest BCUT2D eigenvalue weighted by molar-refractivity contribution is 7.99. The van der Waals surface area contributed by atoms with Crippen LogP contribution in [0.3, 0.4) is 0 Å². The van der Waals surface area contributed by atoms with Crippen LogP contribution in [0, 0.1) is 0 Å². The number of aromatic nitrogens is 1. The van der Waals surface area contributed by atoms with Gasteiger partial charge < -0.3 is 9.64 Å². The van der Waals surface area contributed by atoms with Crippen molar-refractivity contribution < 1.29 is 9.53 Å². The molecular formula is C19H18N2O2S2. The van der Waals surface area contributed by atoms with E-state index in [1.54, 1.807) is 23.1 Å². The molecule has 0 bridgehead atoms. The lowest BCUT2D eigenvalue weighted by Gasteiger charge is -2.38. The molecule has 0 saturated carbocycles. The summed E-state index contributed by atoms with van der Waals surface area (Å²) in [4.78, 5) is 18.7. The number of carbonyl (C=O) groups is 1. The summed E-state index contributed by atoms with van der Waals surface area (Å²) in [5, 5.41) is 1.01. The van der Waals surface area contributed by atoms with Crippen molar-refractivity contribution in [1.29, 1.82) is 0 Å². The second kappa shape index (κ2) is 7.45. The van der Waals surface area contributed by atoms with Crippen molar-refractivity contribution in [2.45, 2.75) is 11.9 Å². The summed E-state index contributed by atoms with van der Waals surface area (Å²) in [7, 11) is 0. The number of ether oxygens (including phenoxy) is 1. The third-order valence-corrected chi connectivity index (χ3v) is 6.11. The monoisotopic (exact) mass is 370 g/mol. The van der Waals surface area contributed by atoms with Crippen molar-refractivity contribution in [2.24, 2.45) is 0 Å². The first kappa shape index (κ1) is 16.4. The SMILES string of the molecule is O=C(CSCc1ccccc1)OC1CN(c2nc3ccccc3s2)C1. The van der Waals surface area contributed by atoms with E-state index in [0.717, 1.165) is 29.5 Å². The van der Waals surface area contributed by atoms with Crippen LogP contribution >= 0.6 is 23.1 Å². The normalized spacial score (nSPS) is 14.5. The molecule has 4 nitrogen and oxygen atoms in total. The molecule has 1 aromatic heterocycles. The Morgan fingerprint density at radius 2 is 1.92 bits per heavy atom. The van der Waals surface area contributed by atoms with E-state index in [1.165, 1.54) is 10.3 Å². The predicted molar refractivity (Wildman–Crippen MR) is 104 cm³/mol. The van der Waals surface area contributed by atoms with Crippen molar-refractivity contribution >= 4 is 44.4 Å². The molecule has 0 amide bonds. The summed E-state index contributed by atoms with van der Waals surface area (Å²) >= 11 is 3.28. The second-order valence-corrected chi connectivity index (χ2v) is 7.95. The van der Waals surface area contributed by atoms with E-state index in [1.807, 2.05) is 36.4 Å². The minimum atomic E-state index is -0.130. The minimum Gasteiger partial charge on any atom is -0.458 e. The number of hydrogen-bond acceptors (Lipinski definition) is 6. The van der Waals surface area contributed by atoms with Crippen LogP contribution in [0.4, 0.5) is 5.13 Å². The number of fused-ring (bicyclic) bond motifs is 1. The van der Waals surface area contributed by atoms with E-state index in [9.17, 15) is 4.79 Å². The number of para-hydroxylation sites is 1. The number of thioether (sulfide) groups is 1. The zero-order valence-electron chi connectivity index (χ0n) is 13.6. The average Bonchev–Trinajstić information content (AvgIpc) is 3.02. The molecule has 1 fully saturated rings. The van der Waals surface area contributed by atoms with E-state index in [2.05, 4.69) is 28.1 Å². The van der Waals surface area contributed by atoms with Crippen LogP contribution in [0.25, 0.3) is 10.2 Å². The van der Waals surface area contributed by atoms with Gasteiger partial charge in [-0.15, -0.1) is 11.8 Å². The molecule has 0 N–H and O–H groups in total. The third-order valence-electron chi connectivity index (χ3n) is 4.03. The van der Waals surface area contributed by atoms with Crippen LogP contribution in [-0.4, -0.2) is 35.9 Å². The lowest BCUT2D eigenvalue weighted by Crippen LogP contribution is -2.53. The summed E-state index contributed by atoms with van der Waals surface area (Å²) < 4.78 is 6.72. The van der Waals surface area contributed by atoms with Crippen molar-refractivity contribution in [3.63, 3.8) is 0 Å². The van der Waals surface area contributed by atoms with E-state index in [-0.39, 0.29) is 12.1 Å². The molecule has 3 aromatic rings. The van der Waals surface area contributed by atoms with Crippen LogP contribution in [0.2, 0.25) is 0 Å². The minimum absolute atomic E-state index is 0.0168. The Kier molecular flexibility index (Phi) is 4.90. The number of anilines is 1. The van der Waals surface area contributed by atoms with E-state index in [0.29, 0.717) is 5.75 Å². The Balaban J connectivity index is 1.21. The molecule has 0 aliphatic carbocycles. The molecule has 25 heavy (non-hydrogen) atoms. The molecular weight excluding hydrogens is 352 g/mol. The summed E-state index contributed by atoms with van der Waals surface area (Å²) in [5.74, 6) is 1.10. The van der Waals surface area contributed by atoms with Crippen molar-refractivity contribution in [2.75, 3.05) is 23.7 Å². The Morgan fingerprint density at radius 1 is 1.16 bits per heavy atom. The van der Waals surface area contributed by atoms with Gasteiger partial charge >= 0.3 is 5.97 Å². The fourth-order valence-corrected chi connectivity index (χ4v) is 4.46. The maximum Gasteiger partial charge on any atom is 0.316 e. The molecule has 1 aliphatic heterocycles. The molecule has 4 rings (SSSR count). The quantitative estimate of drug-likeness (QED) is 0.615. The lowest BCUT2D eigenvalue weighted by molar-refractivity contribution is -0.146. The molecule has 6 heteroatoms. The number of benzene rings is 2. The van der Waals surface area contributed by atoms with E-state index in [4.69, 9.17) is 4.74 Å². The van der Waals surface area contributed by atoms with Gasteiger partial charge in [0.05, 0.1) is 29.1 Å². The predicted octanol–water partition coefficient (Wildman–Crippen LogP) is 3.96. The van der Waals surface area contributed by atoms with Gasteiger partial charge in [-0.3, -0.25) is 4.79 Å². The molecule has 0 radical (unpaired) electrons. The lowest BCUT2D eigenvalue weighted by atomic mass is 10.2. The Bertz CT molecular complexity index is 827. The number of nitrogens with zero attached hydrogens (tertiary/aromatic N) is 2. The zero-order chi connectivity index (χ0) is 17.1. The molecule has 0 unspecified atom stereocenters. The first-order valence-corrected chi connectivity index (χ1v) is 10.2. The summed E-state index contributed by atoms with van der Waals surface area (Å²) in [6.07, 6.45) is -0.0168. The Morgan fingerprint density at radius 3 is 2.72 bits per heavy atom. The van der Waals surface area contributed by atoms with Crippen LogP contribution in [0.5, 0.6) is 0 Å². The van der Waals surface area contributed by atoms with Crippen LogP contribution < -0.4 is 4.90 Å². The topological polar surface area (TPSA) is 42.4 Å². The van der Waals surface area contributed by atoms with Crippen molar-refractivity contribution in [3.05, 3.63) is 60.2 Å². The Hall–Kier alpha value is -2.05. The largest absolute Gasteiger partial charge is 0.458 e. The Labute approximate surface area is 154 Å². The molecule has 2 aromatic carbocycles. The van der Waals surface area contributed by atoms with Gasteiger partial charge in [-0.2, -0.15) is 0 Å². The van der Waals surface area contributed by atoms with Crippen LogP contribution in [-0.2, 0) is 15.3 Å². The zero-order valence-corrected chi connectivity index (χ0v) is 15.3. The molecule has 1 saturated heterocycles. The van der Waals surface area contributed by atoms with Crippen molar-refractivity contribution in [1.82, 2.24) is 4.98 Å². The third kappa shape index (κ3) is 3.96. The number of carbonyl (C=O) groups excluding carboxylic acids is 1. The number of rotatable bonds is 6. The standard InChI is InChI=1S/C19H18N2O2S2/c22-18(13-24-12-14-6-2-1-3-7-14)23-15-10-21(11-15)19-20-16-8-4-5-9-17(16)25-19/h1-9,15H,10-13H2. The maximum absolute atomic E-state index is 11.9. The molecule has 2 heterocycles. The fourth-order valence-electron chi connectivity index (χ4n) is 2.71. The highest BCUT2D eigenvalue weighted by atomic mass is 32.2. The smallest absolute Gasteiger partial charge is 0.316 e. The molecule has 0 spiro atoms. The summed E-state index contributed by atoms with van der Waals surface area (Å²) in [6.45, 7) is 1.46. The van der Waals surface area contributed by atoms with Gasteiger partial charge in [-0.25, -0.2) is 4.98 Å². The molecule has 1 aliphatic rings. The summed E-state index contributed by atoms with van der Waals surface area (Å²) in [6, 6.07) is 18.3. The summed E-state index contributed by atoms with van der Waals surface area (Å²) in [5.41, 5.74) is 2.26.